The maximum absolute atomic E-state index is 14.7. The summed E-state index contributed by atoms with van der Waals surface area (Å²) in [5.41, 5.74) is -1.94. The fourth-order valence-electron chi connectivity index (χ4n) is 13.0. The monoisotopic (exact) mass is 1230 g/mol. The summed E-state index contributed by atoms with van der Waals surface area (Å²) in [6.45, 7) is 8.81. The number of fused-ring (bicyclic) bond motifs is 6. The predicted octanol–water partition coefficient (Wildman–Crippen LogP) is 3.32. The van der Waals surface area contributed by atoms with Crippen LogP contribution in [0.4, 0.5) is 10.5 Å². The van der Waals surface area contributed by atoms with Crippen LogP contribution in [0.2, 0.25) is 0 Å². The first-order chi connectivity index (χ1) is 42.6. The lowest BCUT2D eigenvalue weighted by Crippen LogP contribution is -2.55. The molecule has 4 fully saturated rings. The van der Waals surface area contributed by atoms with E-state index in [-0.39, 0.29) is 126 Å². The van der Waals surface area contributed by atoms with Gasteiger partial charge in [-0.1, -0.05) is 44.5 Å². The normalized spacial score (nSPS) is 25.7. The quantitative estimate of drug-likeness (QED) is 0.0357. The number of carbonyl (C=O) groups excluding carboxylic acids is 8. The number of Topliss-reactive ketones (excluding diaryl/α,β-unsaturated/α-hetero) is 1. The second-order valence-electron chi connectivity index (χ2n) is 24.0. The summed E-state index contributed by atoms with van der Waals surface area (Å²) in [6, 6.07) is 9.15. The first-order valence-corrected chi connectivity index (χ1v) is 30.3. The number of phenols is 2. The molecular formula is C63H78N8O18. The van der Waals surface area contributed by atoms with Gasteiger partial charge in [0.2, 0.25) is 17.7 Å². The number of ether oxygens (including phenoxy) is 7. The molecule has 0 spiro atoms. The lowest BCUT2D eigenvalue weighted by molar-refractivity contribution is -0.256. The number of amides is 6. The summed E-state index contributed by atoms with van der Waals surface area (Å²) in [6.07, 6.45) is -0.904. The van der Waals surface area contributed by atoms with E-state index < -0.39 is 103 Å². The van der Waals surface area contributed by atoms with Gasteiger partial charge in [-0.3, -0.25) is 53.7 Å². The van der Waals surface area contributed by atoms with Crippen LogP contribution in [0.3, 0.4) is 0 Å². The molecule has 6 amide bonds. The zero-order valence-electron chi connectivity index (χ0n) is 50.7. The third kappa shape index (κ3) is 13.5. The van der Waals surface area contributed by atoms with Crippen molar-refractivity contribution in [2.75, 3.05) is 72.0 Å². The van der Waals surface area contributed by atoms with E-state index in [1.54, 1.807) is 57.4 Å². The number of nitrogens with zero attached hydrogens (tertiary/aromatic N) is 4. The van der Waals surface area contributed by atoms with Crippen molar-refractivity contribution < 1.29 is 86.8 Å². The van der Waals surface area contributed by atoms with Crippen molar-refractivity contribution in [3.8, 4) is 17.2 Å². The second-order valence-corrected chi connectivity index (χ2v) is 24.0. The van der Waals surface area contributed by atoms with Gasteiger partial charge in [-0.2, -0.15) is 0 Å². The topological polar surface area (TPSA) is 335 Å². The summed E-state index contributed by atoms with van der Waals surface area (Å²) >= 11 is 0. The Morgan fingerprint density at radius 2 is 1.61 bits per heavy atom. The van der Waals surface area contributed by atoms with Crippen molar-refractivity contribution in [2.24, 2.45) is 5.92 Å². The van der Waals surface area contributed by atoms with Gasteiger partial charge in [0.15, 0.2) is 30.4 Å². The zero-order chi connectivity index (χ0) is 63.6. The van der Waals surface area contributed by atoms with Crippen LogP contribution in [-0.4, -0.2) is 209 Å². The predicted molar refractivity (Wildman–Crippen MR) is 316 cm³/mol. The molecule has 26 nitrogen and oxygen atoms in total. The maximum atomic E-state index is 14.7. The van der Waals surface area contributed by atoms with E-state index in [0.717, 1.165) is 4.90 Å². The molecule has 7 aliphatic rings. The number of anilines is 1. The van der Waals surface area contributed by atoms with Crippen LogP contribution in [-0.2, 0) is 70.2 Å². The van der Waals surface area contributed by atoms with E-state index in [1.807, 2.05) is 11.8 Å². The molecule has 4 saturated heterocycles. The smallest absolute Gasteiger partial charge is 0.410 e. The average Bonchev–Trinajstić information content (AvgIpc) is 1.42. The lowest BCUT2D eigenvalue weighted by atomic mass is 9.71. The number of imide groups is 1. The van der Waals surface area contributed by atoms with Crippen LogP contribution in [0.15, 0.2) is 54.6 Å². The summed E-state index contributed by atoms with van der Waals surface area (Å²) in [4.78, 5) is 112. The third-order valence-electron chi connectivity index (χ3n) is 17.7. The van der Waals surface area contributed by atoms with Gasteiger partial charge in [-0.15, -0.1) is 0 Å². The van der Waals surface area contributed by atoms with Crippen molar-refractivity contribution in [2.45, 2.75) is 147 Å². The van der Waals surface area contributed by atoms with Crippen molar-refractivity contribution in [1.29, 1.82) is 5.41 Å². The van der Waals surface area contributed by atoms with Gasteiger partial charge in [0.05, 0.1) is 54.9 Å². The van der Waals surface area contributed by atoms with Gasteiger partial charge >= 0.3 is 6.09 Å². The Labute approximate surface area is 514 Å². The molecule has 7 N–H and O–H groups in total. The number of rotatable bonds is 21. The molecule has 10 atom stereocenters. The van der Waals surface area contributed by atoms with E-state index in [9.17, 15) is 59.1 Å². The highest BCUT2D eigenvalue weighted by molar-refractivity contribution is 6.32. The fourth-order valence-corrected chi connectivity index (χ4v) is 13.0. The maximum Gasteiger partial charge on any atom is 0.410 e. The molecule has 3 aromatic carbocycles. The van der Waals surface area contributed by atoms with E-state index in [4.69, 9.17) is 33.2 Å². The number of phenolic OH excluding ortho intramolecular Hbond substituents is 2. The number of aromatic hydroxyl groups is 2. The van der Waals surface area contributed by atoms with Gasteiger partial charge in [0, 0.05) is 113 Å². The minimum atomic E-state index is -2.22. The molecule has 0 bridgehead atoms. The van der Waals surface area contributed by atoms with Crippen LogP contribution in [0.25, 0.3) is 0 Å². The Morgan fingerprint density at radius 3 is 2.33 bits per heavy atom. The van der Waals surface area contributed by atoms with Gasteiger partial charge in [0.1, 0.15) is 47.6 Å². The molecule has 0 saturated carbocycles. The second kappa shape index (κ2) is 27.2. The Bertz CT molecular complexity index is 3280. The van der Waals surface area contributed by atoms with Crippen LogP contribution < -0.4 is 20.7 Å². The Balaban J connectivity index is 0.734. The molecule has 89 heavy (non-hydrogen) atoms. The molecule has 10 rings (SSSR count). The number of nitrogens with one attached hydrogen (secondary N) is 4. The number of aliphatic hydroxyl groups is 1. The third-order valence-corrected chi connectivity index (χ3v) is 17.7. The minimum absolute atomic E-state index is 0.00892. The Kier molecular flexibility index (Phi) is 19.6. The molecule has 3 aromatic rings. The molecular weight excluding hydrogens is 1160 g/mol. The minimum Gasteiger partial charge on any atom is -0.507 e. The van der Waals surface area contributed by atoms with Crippen molar-refractivity contribution >= 4 is 58.6 Å². The summed E-state index contributed by atoms with van der Waals surface area (Å²) < 4.78 is 42.2. The SMILES string of the molecule is COc1cccc2c1C(=N)c1c(O)c3c(c(O)c1C2=O)C[C@@](O)(C(=O)CN1CCCN(C(=O)OCc2ccc(NC(=O)C(C)NC(=O)C(NC(=O)CCCCCN4C(=O)C=CC4=O)C(C)C)cc2)CC1)C[C@@H]3O[C@H]1C[C@H]2[C@H](O[C@@H]3[C@@H](OC)OCCN32)[C@H](C)O1. The van der Waals surface area contributed by atoms with Crippen LogP contribution >= 0.6 is 0 Å². The molecule has 0 aromatic heterocycles. The average molecular weight is 1240 g/mol. The van der Waals surface area contributed by atoms with E-state index in [1.165, 1.54) is 37.2 Å². The van der Waals surface area contributed by atoms with Crippen LogP contribution in [0, 0.1) is 11.3 Å². The number of methoxy groups -OCH3 is 2. The zero-order valence-corrected chi connectivity index (χ0v) is 50.7. The van der Waals surface area contributed by atoms with Crippen molar-refractivity contribution in [1.82, 2.24) is 30.2 Å². The first kappa shape index (κ1) is 64.3. The summed E-state index contributed by atoms with van der Waals surface area (Å²) in [5, 5.41) is 54.8. The van der Waals surface area contributed by atoms with Gasteiger partial charge in [-0.05, 0) is 62.8 Å². The van der Waals surface area contributed by atoms with Crippen molar-refractivity contribution in [3.05, 3.63) is 93.6 Å². The van der Waals surface area contributed by atoms with E-state index >= 15 is 0 Å². The molecule has 478 valence electrons. The number of hydrogen-bond donors (Lipinski definition) is 7. The number of morpholine rings is 1. The highest BCUT2D eigenvalue weighted by atomic mass is 16.7. The molecule has 5 heterocycles. The molecule has 26 heteroatoms. The number of benzene rings is 3. The lowest BCUT2D eigenvalue weighted by Gasteiger charge is -2.43. The molecule has 2 unspecified atom stereocenters. The van der Waals surface area contributed by atoms with Crippen molar-refractivity contribution in [3.63, 3.8) is 0 Å². The largest absolute Gasteiger partial charge is 0.507 e. The summed E-state index contributed by atoms with van der Waals surface area (Å²) in [5.74, 6) is -4.62. The van der Waals surface area contributed by atoms with Crippen LogP contribution in [0.5, 0.6) is 17.2 Å². The molecule has 5 aliphatic heterocycles. The van der Waals surface area contributed by atoms with Gasteiger partial charge < -0.3 is 69.3 Å². The number of hydrogen-bond acceptors (Lipinski definition) is 21. The van der Waals surface area contributed by atoms with E-state index in [2.05, 4.69) is 20.9 Å². The first-order valence-electron chi connectivity index (χ1n) is 30.3. The summed E-state index contributed by atoms with van der Waals surface area (Å²) in [7, 11) is 2.94. The number of carbonyl (C=O) groups is 8. The standard InChI is InChI=1S/C63H78N8O18/c1-33(2)53(67-44(73)14-8-7-9-23-71-45(74)19-20-46(71)75)59(80)65-34(3)58(79)66-37-17-15-36(16-18-37)32-86-62(81)69-22-11-21-68(24-25-69)31-43(72)63(82)29-39-49(56(78)50-51(55(39)77)54(76)38-12-10-13-41(83-5)48(38)52(50)64)42(30-63)88-47-28-40-57(35(4)87-47)89-60-61(84-6)85-27-26-70(40)60/h10,12-13,15-20,33-35,40,42,47,53,57,60-61,64,77-78,82H,7-9,11,14,21-32H2,1-6H3,(H,65,80)(H,66,79)(H,67,73)/t34?,35-,40-,42-,47-,53?,57+,60+,61-,63-/m0/s1. The Morgan fingerprint density at radius 1 is 0.854 bits per heavy atom. The molecule has 0 radical (unpaired) electrons. The number of ketones is 2. The van der Waals surface area contributed by atoms with Crippen LogP contribution in [0.1, 0.15) is 122 Å². The highest BCUT2D eigenvalue weighted by Gasteiger charge is 2.55. The van der Waals surface area contributed by atoms with E-state index in [0.29, 0.717) is 63.2 Å². The highest BCUT2D eigenvalue weighted by Crippen LogP contribution is 2.53. The van der Waals surface area contributed by atoms with Gasteiger partial charge in [0.25, 0.3) is 11.8 Å². The fraction of sp³-hybridized carbons (Fsp3) is 0.540. The molecule has 2 aliphatic carbocycles. The number of unbranched alkanes of at least 4 members (excludes halogenated alkanes) is 2. The Hall–Kier alpha value is -7.69. The van der Waals surface area contributed by atoms with Gasteiger partial charge in [-0.25, -0.2) is 4.79 Å².